The van der Waals surface area contributed by atoms with E-state index in [1.165, 1.54) is 11.1 Å². The quantitative estimate of drug-likeness (QED) is 0.852. The summed E-state index contributed by atoms with van der Waals surface area (Å²) in [5, 5.41) is 0. The van der Waals surface area contributed by atoms with E-state index in [0.717, 1.165) is 12.2 Å². The summed E-state index contributed by atoms with van der Waals surface area (Å²) in [5.41, 5.74) is 8.79. The van der Waals surface area contributed by atoms with Crippen LogP contribution < -0.4 is 10.5 Å². The predicted octanol–water partition coefficient (Wildman–Crippen LogP) is 1.69. The molecule has 1 aliphatic carbocycles. The highest BCUT2D eigenvalue weighted by atomic mass is 16.5. The van der Waals surface area contributed by atoms with Gasteiger partial charge in [-0.05, 0) is 29.7 Å². The van der Waals surface area contributed by atoms with Gasteiger partial charge >= 0.3 is 0 Å². The number of methoxy groups -OCH3 is 1. The van der Waals surface area contributed by atoms with Crippen LogP contribution in [0.4, 0.5) is 0 Å². The molecule has 2 atom stereocenters. The summed E-state index contributed by atoms with van der Waals surface area (Å²) in [6.45, 7) is 0. The molecule has 4 nitrogen and oxygen atoms in total. The summed E-state index contributed by atoms with van der Waals surface area (Å²) in [6.07, 6.45) is 6.54. The van der Waals surface area contributed by atoms with Gasteiger partial charge in [0.25, 0.3) is 0 Å². The number of hydrogen-bond donors (Lipinski definition) is 1. The van der Waals surface area contributed by atoms with E-state index >= 15 is 0 Å². The number of imidazole rings is 1. The zero-order chi connectivity index (χ0) is 11.8. The Labute approximate surface area is 100 Å². The molecule has 1 aromatic carbocycles. The molecule has 2 N–H and O–H groups in total. The minimum atomic E-state index is 0.00861. The number of nitrogens with zero attached hydrogens (tertiary/aromatic N) is 2. The standard InChI is InChI=1S/C13H15N3O/c1-17-10-3-2-9-6-12(13(14)11(9)7-10)16-5-4-15-8-16/h2-5,7-8,12-13H,6,14H2,1H3. The van der Waals surface area contributed by atoms with Crippen molar-refractivity contribution in [2.75, 3.05) is 7.11 Å². The average molecular weight is 229 g/mol. The number of rotatable bonds is 2. The summed E-state index contributed by atoms with van der Waals surface area (Å²) in [6, 6.07) is 6.40. The van der Waals surface area contributed by atoms with Crippen molar-refractivity contribution in [3.8, 4) is 5.75 Å². The Balaban J connectivity index is 1.97. The smallest absolute Gasteiger partial charge is 0.119 e. The second kappa shape index (κ2) is 3.89. The predicted molar refractivity (Wildman–Crippen MR) is 64.9 cm³/mol. The Morgan fingerprint density at radius 1 is 1.47 bits per heavy atom. The van der Waals surface area contributed by atoms with Crippen molar-refractivity contribution < 1.29 is 4.74 Å². The zero-order valence-corrected chi connectivity index (χ0v) is 9.71. The summed E-state index contributed by atoms with van der Waals surface area (Å²) >= 11 is 0. The third kappa shape index (κ3) is 1.61. The van der Waals surface area contributed by atoms with Crippen LogP contribution in [-0.2, 0) is 6.42 Å². The molecule has 1 aliphatic rings. The van der Waals surface area contributed by atoms with Gasteiger partial charge in [0.1, 0.15) is 5.75 Å². The van der Waals surface area contributed by atoms with Crippen LogP contribution >= 0.6 is 0 Å². The summed E-state index contributed by atoms with van der Waals surface area (Å²) in [4.78, 5) is 4.08. The first kappa shape index (κ1) is 10.4. The maximum absolute atomic E-state index is 6.30. The van der Waals surface area contributed by atoms with E-state index in [1.54, 1.807) is 13.3 Å². The first-order chi connectivity index (χ1) is 8.29. The fraction of sp³-hybridized carbons (Fsp3) is 0.308. The van der Waals surface area contributed by atoms with Gasteiger partial charge in [0.2, 0.25) is 0 Å². The molecular formula is C13H15N3O. The van der Waals surface area contributed by atoms with Crippen molar-refractivity contribution in [3.05, 3.63) is 48.0 Å². The highest BCUT2D eigenvalue weighted by Gasteiger charge is 2.30. The maximum Gasteiger partial charge on any atom is 0.119 e. The molecule has 0 radical (unpaired) electrons. The van der Waals surface area contributed by atoms with Crippen molar-refractivity contribution in [1.29, 1.82) is 0 Å². The molecule has 0 amide bonds. The Kier molecular flexibility index (Phi) is 2.37. The number of hydrogen-bond acceptors (Lipinski definition) is 3. The Bertz CT molecular complexity index is 521. The van der Waals surface area contributed by atoms with E-state index in [2.05, 4.69) is 15.6 Å². The van der Waals surface area contributed by atoms with Crippen LogP contribution in [0.5, 0.6) is 5.75 Å². The largest absolute Gasteiger partial charge is 0.497 e. The minimum Gasteiger partial charge on any atom is -0.497 e. The van der Waals surface area contributed by atoms with Crippen molar-refractivity contribution in [2.24, 2.45) is 5.73 Å². The van der Waals surface area contributed by atoms with Gasteiger partial charge in [-0.1, -0.05) is 6.07 Å². The van der Waals surface area contributed by atoms with Gasteiger partial charge in [0, 0.05) is 12.4 Å². The molecule has 0 fully saturated rings. The molecule has 0 saturated carbocycles. The van der Waals surface area contributed by atoms with Crippen LogP contribution in [0, 0.1) is 0 Å². The van der Waals surface area contributed by atoms with Crippen LogP contribution in [-0.4, -0.2) is 16.7 Å². The van der Waals surface area contributed by atoms with E-state index in [-0.39, 0.29) is 12.1 Å². The zero-order valence-electron chi connectivity index (χ0n) is 9.71. The number of fused-ring (bicyclic) bond motifs is 1. The normalized spacial score (nSPS) is 22.5. The van der Waals surface area contributed by atoms with Gasteiger partial charge in [-0.15, -0.1) is 0 Å². The van der Waals surface area contributed by atoms with Crippen molar-refractivity contribution in [1.82, 2.24) is 9.55 Å². The second-order valence-electron chi connectivity index (χ2n) is 4.37. The second-order valence-corrected chi connectivity index (χ2v) is 4.37. The number of benzene rings is 1. The maximum atomic E-state index is 6.30. The average Bonchev–Trinajstić information content (AvgIpc) is 2.97. The van der Waals surface area contributed by atoms with E-state index in [0.29, 0.717) is 0 Å². The monoisotopic (exact) mass is 229 g/mol. The van der Waals surface area contributed by atoms with Gasteiger partial charge in [-0.3, -0.25) is 0 Å². The van der Waals surface area contributed by atoms with Gasteiger partial charge < -0.3 is 15.0 Å². The third-order valence-corrected chi connectivity index (χ3v) is 3.46. The Morgan fingerprint density at radius 3 is 3.06 bits per heavy atom. The third-order valence-electron chi connectivity index (χ3n) is 3.46. The Morgan fingerprint density at radius 2 is 2.35 bits per heavy atom. The SMILES string of the molecule is COc1ccc2c(c1)C(N)C(n1ccnc1)C2. The Hall–Kier alpha value is -1.81. The topological polar surface area (TPSA) is 53.1 Å². The van der Waals surface area contributed by atoms with Crippen molar-refractivity contribution >= 4 is 0 Å². The number of nitrogens with two attached hydrogens (primary N) is 1. The molecule has 4 heteroatoms. The van der Waals surface area contributed by atoms with E-state index < -0.39 is 0 Å². The van der Waals surface area contributed by atoms with E-state index in [9.17, 15) is 0 Å². The van der Waals surface area contributed by atoms with Gasteiger partial charge in [-0.25, -0.2) is 4.98 Å². The van der Waals surface area contributed by atoms with Crippen molar-refractivity contribution in [3.63, 3.8) is 0 Å². The highest BCUT2D eigenvalue weighted by molar-refractivity contribution is 5.42. The molecule has 3 rings (SSSR count). The number of aromatic nitrogens is 2. The number of ether oxygens (including phenoxy) is 1. The molecule has 17 heavy (non-hydrogen) atoms. The van der Waals surface area contributed by atoms with Crippen molar-refractivity contribution in [2.45, 2.75) is 18.5 Å². The van der Waals surface area contributed by atoms with Crippen LogP contribution in [0.15, 0.2) is 36.9 Å². The van der Waals surface area contributed by atoms with Gasteiger partial charge in [0.15, 0.2) is 0 Å². The molecule has 0 bridgehead atoms. The lowest BCUT2D eigenvalue weighted by atomic mass is 10.1. The highest BCUT2D eigenvalue weighted by Crippen LogP contribution is 2.39. The first-order valence-electron chi connectivity index (χ1n) is 5.69. The van der Waals surface area contributed by atoms with Crippen LogP contribution in [0.1, 0.15) is 23.2 Å². The summed E-state index contributed by atoms with van der Waals surface area (Å²) in [7, 11) is 1.68. The molecule has 2 unspecified atom stereocenters. The first-order valence-corrected chi connectivity index (χ1v) is 5.69. The lowest BCUT2D eigenvalue weighted by Gasteiger charge is -2.17. The van der Waals surface area contributed by atoms with Crippen LogP contribution in [0.2, 0.25) is 0 Å². The minimum absolute atomic E-state index is 0.00861. The molecule has 2 aromatic rings. The fourth-order valence-corrected chi connectivity index (χ4v) is 2.51. The molecule has 0 spiro atoms. The van der Waals surface area contributed by atoms with Gasteiger partial charge in [0.05, 0.1) is 25.5 Å². The van der Waals surface area contributed by atoms with Gasteiger partial charge in [-0.2, -0.15) is 0 Å². The molecule has 1 aromatic heterocycles. The summed E-state index contributed by atoms with van der Waals surface area (Å²) < 4.78 is 7.32. The molecule has 88 valence electrons. The van der Waals surface area contributed by atoms with Crippen LogP contribution in [0.25, 0.3) is 0 Å². The van der Waals surface area contributed by atoms with E-state index in [4.69, 9.17) is 10.5 Å². The summed E-state index contributed by atoms with van der Waals surface area (Å²) in [5.74, 6) is 0.866. The lowest BCUT2D eigenvalue weighted by Crippen LogP contribution is -2.19. The molecule has 0 aliphatic heterocycles. The molecule has 1 heterocycles. The lowest BCUT2D eigenvalue weighted by molar-refractivity contribution is 0.412. The van der Waals surface area contributed by atoms with Crippen LogP contribution in [0.3, 0.4) is 0 Å². The fourth-order valence-electron chi connectivity index (χ4n) is 2.51. The molecule has 0 saturated heterocycles. The molecular weight excluding hydrogens is 214 g/mol. The van der Waals surface area contributed by atoms with E-state index in [1.807, 2.05) is 24.7 Å².